The van der Waals surface area contributed by atoms with Crippen LogP contribution in [0.2, 0.25) is 0 Å². The Morgan fingerprint density at radius 1 is 0.833 bits per heavy atom. The number of aromatic amines is 1. The third-order valence-corrected chi connectivity index (χ3v) is 8.44. The summed E-state index contributed by atoms with van der Waals surface area (Å²) in [4.78, 5) is 57.1. The second-order valence-electron chi connectivity index (χ2n) is 11.6. The molecule has 0 saturated carbocycles. The Labute approximate surface area is 280 Å². The van der Waals surface area contributed by atoms with Crippen molar-refractivity contribution in [3.8, 4) is 0 Å². The van der Waals surface area contributed by atoms with Gasteiger partial charge in [0.2, 0.25) is 0 Å². The Morgan fingerprint density at radius 3 is 2.27 bits per heavy atom. The maximum Gasteiger partial charge on any atom is 0.323 e. The molecule has 4 aromatic rings. The number of likely N-dealkylation sites (N-methyl/N-ethyl adjacent to an activating group) is 1. The number of anilines is 4. The second-order valence-corrected chi connectivity index (χ2v) is 11.6. The minimum absolute atomic E-state index is 0.151. The van der Waals surface area contributed by atoms with Crippen molar-refractivity contribution < 1.29 is 19.2 Å². The number of amides is 5. The van der Waals surface area contributed by atoms with Crippen LogP contribution in [0.3, 0.4) is 0 Å². The van der Waals surface area contributed by atoms with Crippen molar-refractivity contribution in [3.05, 3.63) is 106 Å². The number of hydrogen-bond acceptors (Lipinski definition) is 5. The van der Waals surface area contributed by atoms with E-state index < -0.39 is 6.03 Å². The summed E-state index contributed by atoms with van der Waals surface area (Å²) in [5, 5.41) is 14.4. The summed E-state index contributed by atoms with van der Waals surface area (Å²) in [7, 11) is 0. The van der Waals surface area contributed by atoms with E-state index in [2.05, 4.69) is 50.3 Å². The predicted octanol–water partition coefficient (Wildman–Crippen LogP) is 6.40. The number of rotatable bonds is 11. The number of H-pyrrole nitrogens is 1. The molecule has 1 aliphatic heterocycles. The van der Waals surface area contributed by atoms with E-state index in [4.69, 9.17) is 0 Å². The highest BCUT2D eigenvalue weighted by molar-refractivity contribution is 6.35. The standard InChI is InChI=1S/C37H41N7O4/c1-6-44(7-2)18-17-38-36(47)33-23(4)31(39-24(33)5)21-29-28-16-15-27(20-32(28)42-35(29)46)41-37(48)43-30-19-26(14-13-22(30)3)40-34(45)25-11-9-8-10-12-25/h8-16,19-21,39H,6-7,17-18H2,1-5H3,(H,38,47)(H,40,45)(H,42,46)(H2,41,43,48)/b29-21-. The summed E-state index contributed by atoms with van der Waals surface area (Å²) < 4.78 is 0. The number of carbonyl (C=O) groups is 4. The van der Waals surface area contributed by atoms with Crippen molar-refractivity contribution in [1.82, 2.24) is 15.2 Å². The normalized spacial score (nSPS) is 12.9. The van der Waals surface area contributed by atoms with Crippen LogP contribution < -0.4 is 26.6 Å². The molecule has 0 bridgehead atoms. The Kier molecular flexibility index (Phi) is 10.4. The zero-order chi connectivity index (χ0) is 34.4. The topological polar surface area (TPSA) is 147 Å². The third-order valence-electron chi connectivity index (χ3n) is 8.44. The molecular formula is C37H41N7O4. The molecule has 0 saturated heterocycles. The lowest BCUT2D eigenvalue weighted by Gasteiger charge is -2.18. The van der Waals surface area contributed by atoms with E-state index >= 15 is 0 Å². The van der Waals surface area contributed by atoms with Crippen LogP contribution in [0.4, 0.5) is 27.5 Å². The number of carbonyl (C=O) groups excluding carboxylic acids is 4. The molecule has 6 N–H and O–H groups in total. The lowest BCUT2D eigenvalue weighted by atomic mass is 10.0. The largest absolute Gasteiger partial charge is 0.358 e. The number of aromatic nitrogens is 1. The van der Waals surface area contributed by atoms with Crippen molar-refractivity contribution in [2.75, 3.05) is 47.4 Å². The van der Waals surface area contributed by atoms with E-state index in [1.165, 1.54) is 0 Å². The van der Waals surface area contributed by atoms with Crippen LogP contribution in [0, 0.1) is 20.8 Å². The highest BCUT2D eigenvalue weighted by atomic mass is 16.2. The molecule has 2 heterocycles. The lowest BCUT2D eigenvalue weighted by molar-refractivity contribution is -0.110. The van der Waals surface area contributed by atoms with Gasteiger partial charge >= 0.3 is 6.03 Å². The smallest absolute Gasteiger partial charge is 0.323 e. The first-order valence-corrected chi connectivity index (χ1v) is 16.0. The summed E-state index contributed by atoms with van der Waals surface area (Å²) >= 11 is 0. The van der Waals surface area contributed by atoms with Gasteiger partial charge in [0.1, 0.15) is 0 Å². The van der Waals surface area contributed by atoms with Crippen LogP contribution in [0.15, 0.2) is 66.7 Å². The van der Waals surface area contributed by atoms with E-state index in [0.29, 0.717) is 57.3 Å². The van der Waals surface area contributed by atoms with Gasteiger partial charge < -0.3 is 36.5 Å². The molecule has 5 rings (SSSR count). The van der Waals surface area contributed by atoms with Gasteiger partial charge in [-0.15, -0.1) is 0 Å². The third kappa shape index (κ3) is 7.64. The van der Waals surface area contributed by atoms with Crippen LogP contribution in [0.1, 0.15) is 62.6 Å². The SMILES string of the molecule is CCN(CC)CCNC(=O)c1c(C)[nH]c(/C=C2\C(=O)Nc3cc(NC(=O)Nc4cc(NC(=O)c5ccccc5)ccc4C)ccc32)c1C. The molecule has 3 aromatic carbocycles. The van der Waals surface area contributed by atoms with Gasteiger partial charge in [-0.1, -0.05) is 44.2 Å². The molecule has 1 aromatic heterocycles. The first-order valence-electron chi connectivity index (χ1n) is 16.0. The summed E-state index contributed by atoms with van der Waals surface area (Å²) in [6, 6.07) is 18.9. The van der Waals surface area contributed by atoms with E-state index in [1.54, 1.807) is 60.7 Å². The van der Waals surface area contributed by atoms with Gasteiger partial charge in [0.05, 0.1) is 16.8 Å². The molecular weight excluding hydrogens is 606 g/mol. The van der Waals surface area contributed by atoms with Gasteiger partial charge in [-0.05, 0) is 87.5 Å². The Balaban J connectivity index is 1.25. The molecule has 0 radical (unpaired) electrons. The molecule has 248 valence electrons. The van der Waals surface area contributed by atoms with E-state index in [-0.39, 0.29) is 17.7 Å². The number of fused-ring (bicyclic) bond motifs is 1. The Bertz CT molecular complexity index is 1890. The molecule has 0 unspecified atom stereocenters. The number of urea groups is 1. The molecule has 11 heteroatoms. The number of hydrogen-bond donors (Lipinski definition) is 6. The molecule has 5 amide bonds. The predicted molar refractivity (Wildman–Crippen MR) is 192 cm³/mol. The van der Waals surface area contributed by atoms with Crippen molar-refractivity contribution in [2.45, 2.75) is 34.6 Å². The first-order chi connectivity index (χ1) is 23.1. The quantitative estimate of drug-likeness (QED) is 0.104. The zero-order valence-corrected chi connectivity index (χ0v) is 27.8. The number of nitrogens with zero attached hydrogens (tertiary/aromatic N) is 1. The number of benzene rings is 3. The Morgan fingerprint density at radius 2 is 1.54 bits per heavy atom. The minimum Gasteiger partial charge on any atom is -0.358 e. The molecule has 0 atom stereocenters. The van der Waals surface area contributed by atoms with Gasteiger partial charge in [-0.3, -0.25) is 14.4 Å². The zero-order valence-electron chi connectivity index (χ0n) is 27.8. The maximum atomic E-state index is 13.0. The highest BCUT2D eigenvalue weighted by Gasteiger charge is 2.26. The molecule has 0 fully saturated rings. The maximum absolute atomic E-state index is 13.0. The fraction of sp³-hybridized carbons (Fsp3) is 0.243. The van der Waals surface area contributed by atoms with E-state index in [9.17, 15) is 19.2 Å². The summed E-state index contributed by atoms with van der Waals surface area (Å²) in [6.07, 6.45) is 1.75. The molecule has 0 aliphatic carbocycles. The average molecular weight is 648 g/mol. The summed E-state index contributed by atoms with van der Waals surface area (Å²) in [5.41, 5.74) is 7.32. The van der Waals surface area contributed by atoms with Gasteiger partial charge in [-0.25, -0.2) is 4.79 Å². The minimum atomic E-state index is -0.481. The van der Waals surface area contributed by atoms with E-state index in [0.717, 1.165) is 36.5 Å². The fourth-order valence-electron chi connectivity index (χ4n) is 5.69. The van der Waals surface area contributed by atoms with Crippen molar-refractivity contribution in [1.29, 1.82) is 0 Å². The molecule has 48 heavy (non-hydrogen) atoms. The molecule has 0 spiro atoms. The number of aryl methyl sites for hydroxylation is 2. The van der Waals surface area contributed by atoms with Crippen LogP contribution in [0.25, 0.3) is 11.6 Å². The first kappa shape index (κ1) is 33.7. The average Bonchev–Trinajstić information content (AvgIpc) is 3.53. The van der Waals surface area contributed by atoms with Crippen LogP contribution >= 0.6 is 0 Å². The van der Waals surface area contributed by atoms with Gasteiger partial charge in [0, 0.05) is 52.7 Å². The van der Waals surface area contributed by atoms with Crippen LogP contribution in [-0.2, 0) is 4.79 Å². The van der Waals surface area contributed by atoms with Crippen LogP contribution in [0.5, 0.6) is 0 Å². The van der Waals surface area contributed by atoms with Crippen molar-refractivity contribution >= 4 is 58.2 Å². The lowest BCUT2D eigenvalue weighted by Crippen LogP contribution is -2.35. The monoisotopic (exact) mass is 647 g/mol. The van der Waals surface area contributed by atoms with Gasteiger partial charge in [0.15, 0.2) is 0 Å². The van der Waals surface area contributed by atoms with Gasteiger partial charge in [-0.2, -0.15) is 0 Å². The summed E-state index contributed by atoms with van der Waals surface area (Å²) in [5.74, 6) is -0.687. The van der Waals surface area contributed by atoms with Crippen molar-refractivity contribution in [3.63, 3.8) is 0 Å². The van der Waals surface area contributed by atoms with Crippen LogP contribution in [-0.4, -0.2) is 59.8 Å². The number of nitrogens with one attached hydrogen (secondary N) is 6. The van der Waals surface area contributed by atoms with E-state index in [1.807, 2.05) is 32.9 Å². The fourth-order valence-corrected chi connectivity index (χ4v) is 5.69. The highest BCUT2D eigenvalue weighted by Crippen LogP contribution is 2.36. The molecule has 1 aliphatic rings. The second kappa shape index (κ2) is 14.8. The van der Waals surface area contributed by atoms with Gasteiger partial charge in [0.25, 0.3) is 17.7 Å². The summed E-state index contributed by atoms with van der Waals surface area (Å²) in [6.45, 7) is 12.9. The Hall–Kier alpha value is -5.68. The van der Waals surface area contributed by atoms with Crippen molar-refractivity contribution in [2.24, 2.45) is 0 Å². The molecule has 11 nitrogen and oxygen atoms in total.